The van der Waals surface area contributed by atoms with Crippen LogP contribution in [0.25, 0.3) is 10.2 Å². The lowest BCUT2D eigenvalue weighted by atomic mass is 10.0. The minimum atomic E-state index is -3.82. The summed E-state index contributed by atoms with van der Waals surface area (Å²) in [4.78, 5) is 30.8. The number of amides is 1. The molecule has 0 unspecified atom stereocenters. The van der Waals surface area contributed by atoms with Crippen molar-refractivity contribution >= 4 is 37.5 Å². The second-order valence-corrected chi connectivity index (χ2v) is 11.4. The Hall–Kier alpha value is -1.82. The fraction of sp³-hybridized carbons (Fsp3) is 0.650. The summed E-state index contributed by atoms with van der Waals surface area (Å²) in [6.45, 7) is 5.58. The molecule has 0 radical (unpaired) electrons. The van der Waals surface area contributed by atoms with Gasteiger partial charge in [-0.25, -0.2) is 13.4 Å². The van der Waals surface area contributed by atoms with Gasteiger partial charge in [-0.15, -0.1) is 11.3 Å². The number of ether oxygens (including phenoxy) is 1. The first-order valence-corrected chi connectivity index (χ1v) is 12.9. The van der Waals surface area contributed by atoms with Crippen LogP contribution in [0.3, 0.4) is 0 Å². The van der Waals surface area contributed by atoms with E-state index in [0.717, 1.165) is 25.7 Å². The maximum atomic E-state index is 13.4. The van der Waals surface area contributed by atoms with E-state index < -0.39 is 15.6 Å². The van der Waals surface area contributed by atoms with Crippen molar-refractivity contribution in [3.63, 3.8) is 0 Å². The molecule has 2 aromatic heterocycles. The zero-order chi connectivity index (χ0) is 22.2. The summed E-state index contributed by atoms with van der Waals surface area (Å²) in [5, 5.41) is 2.86. The Morgan fingerprint density at radius 2 is 2.06 bits per heavy atom. The van der Waals surface area contributed by atoms with Gasteiger partial charge in [-0.3, -0.25) is 14.2 Å². The van der Waals surface area contributed by atoms with E-state index in [4.69, 9.17) is 4.74 Å². The van der Waals surface area contributed by atoms with Gasteiger partial charge in [-0.2, -0.15) is 4.31 Å². The van der Waals surface area contributed by atoms with Gasteiger partial charge in [0.05, 0.1) is 17.8 Å². The third-order valence-corrected chi connectivity index (χ3v) is 9.22. The molecule has 0 aromatic carbocycles. The van der Waals surface area contributed by atoms with Crippen molar-refractivity contribution in [1.29, 1.82) is 0 Å². The number of sulfonamides is 1. The monoisotopic (exact) mass is 468 g/mol. The number of hydrogen-bond donors (Lipinski definition) is 1. The van der Waals surface area contributed by atoms with E-state index in [-0.39, 0.29) is 28.8 Å². The first kappa shape index (κ1) is 22.4. The number of carbonyl (C=O) groups is 1. The summed E-state index contributed by atoms with van der Waals surface area (Å²) in [5.41, 5.74) is -0.509. The second-order valence-electron chi connectivity index (χ2n) is 8.37. The Labute approximate surface area is 185 Å². The van der Waals surface area contributed by atoms with Crippen molar-refractivity contribution < 1.29 is 17.9 Å². The van der Waals surface area contributed by atoms with Crippen LogP contribution in [0.1, 0.15) is 37.5 Å². The predicted octanol–water partition coefficient (Wildman–Crippen LogP) is 1.48. The summed E-state index contributed by atoms with van der Waals surface area (Å²) < 4.78 is 34.9. The molecule has 0 spiro atoms. The van der Waals surface area contributed by atoms with E-state index >= 15 is 0 Å². The Balaban J connectivity index is 1.61. The second kappa shape index (κ2) is 8.97. The van der Waals surface area contributed by atoms with Crippen LogP contribution in [0, 0.1) is 12.8 Å². The third-order valence-electron chi connectivity index (χ3n) is 6.00. The van der Waals surface area contributed by atoms with Gasteiger partial charge in [-0.05, 0) is 38.5 Å². The van der Waals surface area contributed by atoms with E-state index in [1.165, 1.54) is 26.5 Å². The van der Waals surface area contributed by atoms with Crippen LogP contribution in [-0.4, -0.2) is 60.5 Å². The maximum absolute atomic E-state index is 13.4. The Kier molecular flexibility index (Phi) is 6.47. The van der Waals surface area contributed by atoms with E-state index in [2.05, 4.69) is 17.2 Å². The topological polar surface area (TPSA) is 111 Å². The van der Waals surface area contributed by atoms with E-state index in [0.29, 0.717) is 41.9 Å². The van der Waals surface area contributed by atoms with Crippen molar-refractivity contribution in [3.05, 3.63) is 21.6 Å². The lowest BCUT2D eigenvalue weighted by molar-refractivity contribution is -0.122. The highest BCUT2D eigenvalue weighted by Crippen LogP contribution is 2.34. The lowest BCUT2D eigenvalue weighted by Crippen LogP contribution is -2.39. The van der Waals surface area contributed by atoms with Crippen LogP contribution in [0.15, 0.2) is 16.0 Å². The average molecular weight is 469 g/mol. The molecule has 2 fully saturated rings. The molecule has 4 rings (SSSR count). The number of nitrogens with zero attached hydrogens (tertiary/aromatic N) is 3. The molecule has 11 heteroatoms. The highest BCUT2D eigenvalue weighted by molar-refractivity contribution is 7.89. The maximum Gasteiger partial charge on any atom is 0.263 e. The van der Waals surface area contributed by atoms with Crippen LogP contribution in [0.4, 0.5) is 0 Å². The molecule has 2 aliphatic rings. The molecule has 1 atom stereocenters. The Morgan fingerprint density at radius 1 is 1.32 bits per heavy atom. The van der Waals surface area contributed by atoms with Crippen molar-refractivity contribution in [2.75, 3.05) is 26.2 Å². The highest BCUT2D eigenvalue weighted by atomic mass is 32.2. The van der Waals surface area contributed by atoms with Crippen molar-refractivity contribution in [1.82, 2.24) is 19.2 Å². The van der Waals surface area contributed by atoms with Crippen molar-refractivity contribution in [2.45, 2.75) is 57.1 Å². The van der Waals surface area contributed by atoms with Gasteiger partial charge in [0.2, 0.25) is 15.9 Å². The predicted molar refractivity (Wildman–Crippen MR) is 118 cm³/mol. The molecule has 31 heavy (non-hydrogen) atoms. The number of rotatable bonds is 6. The molecule has 2 saturated heterocycles. The van der Waals surface area contributed by atoms with Gasteiger partial charge >= 0.3 is 0 Å². The summed E-state index contributed by atoms with van der Waals surface area (Å²) in [6.07, 6.45) is 4.79. The number of hydrogen-bond acceptors (Lipinski definition) is 7. The molecular weight excluding hydrogens is 440 g/mol. The first-order chi connectivity index (χ1) is 14.8. The Bertz CT molecular complexity index is 1130. The van der Waals surface area contributed by atoms with Crippen LogP contribution in [0.5, 0.6) is 0 Å². The van der Waals surface area contributed by atoms with Gasteiger partial charge < -0.3 is 10.1 Å². The molecule has 2 aromatic rings. The quantitative estimate of drug-likeness (QED) is 0.688. The third kappa shape index (κ3) is 4.55. The van der Waals surface area contributed by atoms with Crippen LogP contribution >= 0.6 is 11.3 Å². The number of carbonyl (C=O) groups excluding carboxylic acids is 1. The molecule has 4 heterocycles. The number of thiophene rings is 1. The zero-order valence-electron chi connectivity index (χ0n) is 17.8. The normalized spacial score (nSPS) is 21.0. The fourth-order valence-electron chi connectivity index (χ4n) is 4.13. The molecular formula is C20H28N4O5S2. The number of piperidine rings is 1. The number of aryl methyl sites for hydroxylation is 1. The summed E-state index contributed by atoms with van der Waals surface area (Å²) in [7, 11) is -3.82. The van der Waals surface area contributed by atoms with E-state index in [9.17, 15) is 18.0 Å². The molecule has 0 aliphatic carbocycles. The molecule has 2 aliphatic heterocycles. The van der Waals surface area contributed by atoms with Crippen LogP contribution in [0.2, 0.25) is 0 Å². The molecule has 1 N–H and O–H groups in total. The smallest absolute Gasteiger partial charge is 0.263 e. The summed E-state index contributed by atoms with van der Waals surface area (Å²) >= 11 is 1.19. The summed E-state index contributed by atoms with van der Waals surface area (Å²) in [5.74, 6) is 0.152. The average Bonchev–Trinajstić information content (AvgIpc) is 3.36. The van der Waals surface area contributed by atoms with Gasteiger partial charge in [0.25, 0.3) is 5.56 Å². The molecule has 0 saturated carbocycles. The van der Waals surface area contributed by atoms with Crippen molar-refractivity contribution in [3.8, 4) is 0 Å². The van der Waals surface area contributed by atoms with Gasteiger partial charge in [0.15, 0.2) is 0 Å². The van der Waals surface area contributed by atoms with Gasteiger partial charge in [0.1, 0.15) is 16.3 Å². The number of nitrogens with one attached hydrogen (secondary N) is 1. The Morgan fingerprint density at radius 3 is 2.74 bits per heavy atom. The first-order valence-electron chi connectivity index (χ1n) is 10.6. The van der Waals surface area contributed by atoms with E-state index in [1.54, 1.807) is 6.92 Å². The summed E-state index contributed by atoms with van der Waals surface area (Å²) in [6, 6.07) is 0. The number of aromatic nitrogens is 2. The lowest BCUT2D eigenvalue weighted by Gasteiger charge is -2.29. The molecule has 170 valence electrons. The largest absolute Gasteiger partial charge is 0.376 e. The zero-order valence-corrected chi connectivity index (χ0v) is 19.4. The van der Waals surface area contributed by atoms with E-state index in [1.807, 2.05) is 0 Å². The van der Waals surface area contributed by atoms with Crippen LogP contribution < -0.4 is 10.9 Å². The standard InChI is InChI=1S/C20H28N4O5S2/c1-13-5-7-24(8-6-13)31(27,28)18-14(2)30-19-17(18)20(26)23(12-22-19)11-16(25)21-10-15-4-3-9-29-15/h12-13,15H,3-11H2,1-2H3,(H,21,25)/t15-/m1/s1. The SMILES string of the molecule is Cc1sc2ncn(CC(=O)NC[C@H]3CCCO3)c(=O)c2c1S(=O)(=O)N1CCC(C)CC1. The minimum Gasteiger partial charge on any atom is -0.376 e. The fourth-order valence-corrected chi connectivity index (χ4v) is 7.27. The molecule has 9 nitrogen and oxygen atoms in total. The molecule has 0 bridgehead atoms. The van der Waals surface area contributed by atoms with Crippen LogP contribution in [-0.2, 0) is 26.1 Å². The molecule has 1 amide bonds. The van der Waals surface area contributed by atoms with Crippen molar-refractivity contribution in [2.24, 2.45) is 5.92 Å². The van der Waals surface area contributed by atoms with Gasteiger partial charge in [-0.1, -0.05) is 6.92 Å². The minimum absolute atomic E-state index is 0.00445. The number of fused-ring (bicyclic) bond motifs is 1. The van der Waals surface area contributed by atoms with Gasteiger partial charge in [0, 0.05) is 31.1 Å². The highest BCUT2D eigenvalue weighted by Gasteiger charge is 2.33.